The van der Waals surface area contributed by atoms with Crippen molar-refractivity contribution in [1.29, 1.82) is 0 Å². The SMILES string of the molecule is [N-]=[N+]=NCC#Cc1ccc(F)cc1. The number of rotatable bonds is 1. The van der Waals surface area contributed by atoms with Crippen molar-refractivity contribution >= 4 is 0 Å². The highest BCUT2D eigenvalue weighted by Gasteiger charge is 1.87. The lowest BCUT2D eigenvalue weighted by atomic mass is 10.2. The van der Waals surface area contributed by atoms with Gasteiger partial charge in [0.1, 0.15) is 5.82 Å². The second kappa shape index (κ2) is 4.81. The Hall–Kier alpha value is -1.98. The molecule has 0 radical (unpaired) electrons. The van der Waals surface area contributed by atoms with Crippen LogP contribution in [-0.2, 0) is 0 Å². The summed E-state index contributed by atoms with van der Waals surface area (Å²) in [7, 11) is 0. The monoisotopic (exact) mass is 175 g/mol. The number of hydrogen-bond acceptors (Lipinski definition) is 1. The molecule has 64 valence electrons. The number of halogens is 1. The van der Waals surface area contributed by atoms with Gasteiger partial charge >= 0.3 is 0 Å². The van der Waals surface area contributed by atoms with Crippen LogP contribution in [-0.4, -0.2) is 6.54 Å². The molecule has 1 rings (SSSR count). The van der Waals surface area contributed by atoms with Gasteiger partial charge in [0.05, 0.1) is 6.54 Å². The highest BCUT2D eigenvalue weighted by Crippen LogP contribution is 2.00. The Morgan fingerprint density at radius 2 is 2.08 bits per heavy atom. The van der Waals surface area contributed by atoms with E-state index in [1.807, 2.05) is 0 Å². The number of nitrogens with zero attached hydrogens (tertiary/aromatic N) is 3. The molecule has 0 spiro atoms. The van der Waals surface area contributed by atoms with E-state index in [0.717, 1.165) is 0 Å². The molecule has 0 unspecified atom stereocenters. The minimum Gasteiger partial charge on any atom is -0.207 e. The van der Waals surface area contributed by atoms with E-state index in [4.69, 9.17) is 5.53 Å². The maximum Gasteiger partial charge on any atom is 0.123 e. The van der Waals surface area contributed by atoms with E-state index in [9.17, 15) is 4.39 Å². The smallest absolute Gasteiger partial charge is 0.123 e. The highest BCUT2D eigenvalue weighted by atomic mass is 19.1. The van der Waals surface area contributed by atoms with Crippen molar-refractivity contribution in [3.05, 3.63) is 46.1 Å². The fourth-order valence-corrected chi connectivity index (χ4v) is 0.742. The number of azide groups is 1. The second-order valence-electron chi connectivity index (χ2n) is 2.20. The number of benzene rings is 1. The first-order chi connectivity index (χ1) is 6.33. The Morgan fingerprint density at radius 3 is 2.69 bits per heavy atom. The van der Waals surface area contributed by atoms with Gasteiger partial charge in [0, 0.05) is 10.5 Å². The first-order valence-corrected chi connectivity index (χ1v) is 3.58. The molecule has 0 atom stereocenters. The summed E-state index contributed by atoms with van der Waals surface area (Å²) in [5.74, 6) is 5.06. The van der Waals surface area contributed by atoms with Crippen LogP contribution in [0.4, 0.5) is 4.39 Å². The third kappa shape index (κ3) is 3.28. The summed E-state index contributed by atoms with van der Waals surface area (Å²) in [4.78, 5) is 2.54. The third-order valence-corrected chi connectivity index (χ3v) is 1.29. The van der Waals surface area contributed by atoms with Gasteiger partial charge in [-0.15, -0.1) is 0 Å². The second-order valence-corrected chi connectivity index (χ2v) is 2.20. The molecule has 0 saturated heterocycles. The first kappa shape index (κ1) is 9.11. The molecule has 0 aliphatic rings. The molecule has 0 aliphatic carbocycles. The molecule has 3 nitrogen and oxygen atoms in total. The third-order valence-electron chi connectivity index (χ3n) is 1.29. The van der Waals surface area contributed by atoms with E-state index in [0.29, 0.717) is 5.56 Å². The van der Waals surface area contributed by atoms with E-state index in [-0.39, 0.29) is 12.4 Å². The van der Waals surface area contributed by atoms with Crippen molar-refractivity contribution in [1.82, 2.24) is 0 Å². The Bertz CT molecular complexity index is 380. The van der Waals surface area contributed by atoms with Crippen LogP contribution in [0.2, 0.25) is 0 Å². The van der Waals surface area contributed by atoms with Gasteiger partial charge in [-0.3, -0.25) is 0 Å². The zero-order chi connectivity index (χ0) is 9.52. The van der Waals surface area contributed by atoms with Crippen LogP contribution in [0, 0.1) is 17.7 Å². The molecule has 0 bridgehead atoms. The van der Waals surface area contributed by atoms with Crippen LogP contribution in [0.25, 0.3) is 10.4 Å². The zero-order valence-electron chi connectivity index (χ0n) is 6.74. The Morgan fingerprint density at radius 1 is 1.38 bits per heavy atom. The average molecular weight is 175 g/mol. The fraction of sp³-hybridized carbons (Fsp3) is 0.111. The molecular weight excluding hydrogens is 169 g/mol. The molecule has 0 aliphatic heterocycles. The zero-order valence-corrected chi connectivity index (χ0v) is 6.74. The summed E-state index contributed by atoms with van der Waals surface area (Å²) in [6.07, 6.45) is 0. The summed E-state index contributed by atoms with van der Waals surface area (Å²) < 4.78 is 12.4. The molecule has 1 aromatic rings. The van der Waals surface area contributed by atoms with Gasteiger partial charge < -0.3 is 0 Å². The lowest BCUT2D eigenvalue weighted by Crippen LogP contribution is -1.76. The Kier molecular flexibility index (Phi) is 3.37. The summed E-state index contributed by atoms with van der Waals surface area (Å²) in [6, 6.07) is 5.80. The largest absolute Gasteiger partial charge is 0.207 e. The summed E-state index contributed by atoms with van der Waals surface area (Å²) in [5.41, 5.74) is 8.64. The molecule has 0 heterocycles. The molecule has 0 aromatic heterocycles. The normalized spacial score (nSPS) is 8.08. The lowest BCUT2D eigenvalue weighted by Gasteiger charge is -1.87. The van der Waals surface area contributed by atoms with E-state index in [1.165, 1.54) is 12.1 Å². The van der Waals surface area contributed by atoms with Crippen LogP contribution in [0.5, 0.6) is 0 Å². The van der Waals surface area contributed by atoms with Gasteiger partial charge in [-0.1, -0.05) is 17.0 Å². The van der Waals surface area contributed by atoms with Crippen molar-refractivity contribution in [3.8, 4) is 11.8 Å². The molecule has 0 amide bonds. The summed E-state index contributed by atoms with van der Waals surface area (Å²) in [6.45, 7) is 0.133. The lowest BCUT2D eigenvalue weighted by molar-refractivity contribution is 0.627. The van der Waals surface area contributed by atoms with E-state index >= 15 is 0 Å². The van der Waals surface area contributed by atoms with Crippen LogP contribution < -0.4 is 0 Å². The van der Waals surface area contributed by atoms with Crippen molar-refractivity contribution in [2.45, 2.75) is 0 Å². The molecular formula is C9H6FN3. The van der Waals surface area contributed by atoms with Crippen molar-refractivity contribution in [3.63, 3.8) is 0 Å². The van der Waals surface area contributed by atoms with Crippen LogP contribution in [0.15, 0.2) is 29.4 Å². The molecule has 0 fully saturated rings. The Balaban J connectivity index is 2.66. The molecule has 0 N–H and O–H groups in total. The van der Waals surface area contributed by atoms with Gasteiger partial charge in [-0.25, -0.2) is 4.39 Å². The topological polar surface area (TPSA) is 48.8 Å². The molecule has 4 heteroatoms. The molecule has 0 saturated carbocycles. The quantitative estimate of drug-likeness (QED) is 0.272. The van der Waals surface area contributed by atoms with Crippen molar-refractivity contribution in [2.75, 3.05) is 6.54 Å². The van der Waals surface area contributed by atoms with Gasteiger partial charge in [0.2, 0.25) is 0 Å². The van der Waals surface area contributed by atoms with Gasteiger partial charge in [-0.05, 0) is 29.8 Å². The maximum atomic E-state index is 12.4. The van der Waals surface area contributed by atoms with E-state index in [1.54, 1.807) is 12.1 Å². The van der Waals surface area contributed by atoms with Crippen LogP contribution in [0.3, 0.4) is 0 Å². The predicted octanol–water partition coefficient (Wildman–Crippen LogP) is 2.49. The van der Waals surface area contributed by atoms with Crippen molar-refractivity contribution in [2.24, 2.45) is 5.11 Å². The first-order valence-electron chi connectivity index (χ1n) is 3.58. The fourth-order valence-electron chi connectivity index (χ4n) is 0.742. The van der Waals surface area contributed by atoms with Crippen LogP contribution in [0.1, 0.15) is 5.56 Å². The average Bonchev–Trinajstić information content (AvgIpc) is 2.15. The van der Waals surface area contributed by atoms with Crippen LogP contribution >= 0.6 is 0 Å². The Labute approximate surface area is 74.8 Å². The minimum atomic E-state index is -0.291. The number of hydrogen-bond donors (Lipinski definition) is 0. The minimum absolute atomic E-state index is 0.133. The van der Waals surface area contributed by atoms with Gasteiger partial charge in [0.25, 0.3) is 0 Å². The predicted molar refractivity (Wildman–Crippen MR) is 47.3 cm³/mol. The highest BCUT2D eigenvalue weighted by molar-refractivity contribution is 5.34. The van der Waals surface area contributed by atoms with Gasteiger partial charge in [0.15, 0.2) is 0 Å². The molecule has 1 aromatic carbocycles. The standard InChI is InChI=1S/C9H6FN3/c10-9-5-3-8(4-6-9)2-1-7-12-13-11/h3-6H,7H2. The summed E-state index contributed by atoms with van der Waals surface area (Å²) in [5, 5.41) is 3.24. The molecule has 13 heavy (non-hydrogen) atoms. The summed E-state index contributed by atoms with van der Waals surface area (Å²) >= 11 is 0. The van der Waals surface area contributed by atoms with E-state index < -0.39 is 0 Å². The van der Waals surface area contributed by atoms with E-state index in [2.05, 4.69) is 21.9 Å². The van der Waals surface area contributed by atoms with Crippen molar-refractivity contribution < 1.29 is 4.39 Å². The maximum absolute atomic E-state index is 12.4. The van der Waals surface area contributed by atoms with Gasteiger partial charge in [-0.2, -0.15) is 0 Å².